The molecule has 0 aliphatic heterocycles. The quantitative estimate of drug-likeness (QED) is 0.365. The van der Waals surface area contributed by atoms with Gasteiger partial charge in [0, 0.05) is 0 Å². The summed E-state index contributed by atoms with van der Waals surface area (Å²) in [5, 5.41) is 0. The number of ether oxygens (including phenoxy) is 1. The molecule has 104 valence electrons. The fraction of sp³-hybridized carbons (Fsp3) is 0.133. The SMILES string of the molecule is NNC(=O)c1ccoc1COCC=Cc1ccccc1. The smallest absolute Gasteiger partial charge is 0.268 e. The zero-order valence-electron chi connectivity index (χ0n) is 10.9. The molecule has 5 nitrogen and oxygen atoms in total. The molecule has 0 unspecified atom stereocenters. The number of rotatable bonds is 6. The number of amides is 1. The Kier molecular flexibility index (Phi) is 5.11. The third kappa shape index (κ3) is 3.81. The van der Waals surface area contributed by atoms with Crippen molar-refractivity contribution in [3.8, 4) is 0 Å². The van der Waals surface area contributed by atoms with Crippen LogP contribution in [0.2, 0.25) is 0 Å². The van der Waals surface area contributed by atoms with Gasteiger partial charge in [-0.15, -0.1) is 0 Å². The monoisotopic (exact) mass is 272 g/mol. The van der Waals surface area contributed by atoms with Gasteiger partial charge in [0.05, 0.1) is 18.4 Å². The topological polar surface area (TPSA) is 77.5 Å². The van der Waals surface area contributed by atoms with E-state index in [-0.39, 0.29) is 6.61 Å². The maximum atomic E-state index is 11.4. The van der Waals surface area contributed by atoms with E-state index in [0.717, 1.165) is 5.56 Å². The lowest BCUT2D eigenvalue weighted by Crippen LogP contribution is -2.30. The van der Waals surface area contributed by atoms with Gasteiger partial charge in [0.15, 0.2) is 0 Å². The standard InChI is InChI=1S/C15H16N2O3/c16-17-15(18)13-8-10-20-14(13)11-19-9-4-7-12-5-2-1-3-6-12/h1-8,10H,9,11,16H2,(H,17,18). The van der Waals surface area contributed by atoms with Crippen molar-refractivity contribution < 1.29 is 13.9 Å². The first-order valence-corrected chi connectivity index (χ1v) is 6.18. The molecule has 0 saturated carbocycles. The van der Waals surface area contributed by atoms with Crippen molar-refractivity contribution in [1.29, 1.82) is 0 Å². The Labute approximate surface area is 117 Å². The van der Waals surface area contributed by atoms with E-state index in [1.807, 2.05) is 42.5 Å². The van der Waals surface area contributed by atoms with Crippen LogP contribution in [0.1, 0.15) is 21.7 Å². The lowest BCUT2D eigenvalue weighted by atomic mass is 10.2. The van der Waals surface area contributed by atoms with Gasteiger partial charge in [-0.05, 0) is 11.6 Å². The predicted octanol–water partition coefficient (Wildman–Crippen LogP) is 2.11. The van der Waals surface area contributed by atoms with Crippen LogP contribution in [0, 0.1) is 0 Å². The van der Waals surface area contributed by atoms with Crippen molar-refractivity contribution in [2.45, 2.75) is 6.61 Å². The van der Waals surface area contributed by atoms with E-state index in [1.54, 1.807) is 6.07 Å². The number of carbonyl (C=O) groups is 1. The first kappa shape index (κ1) is 14.0. The number of carbonyl (C=O) groups excluding carboxylic acids is 1. The van der Waals surface area contributed by atoms with Crippen molar-refractivity contribution in [2.24, 2.45) is 5.84 Å². The molecule has 0 aliphatic rings. The second kappa shape index (κ2) is 7.28. The molecule has 1 heterocycles. The van der Waals surface area contributed by atoms with Gasteiger partial charge in [-0.1, -0.05) is 42.5 Å². The molecule has 5 heteroatoms. The average molecular weight is 272 g/mol. The summed E-state index contributed by atoms with van der Waals surface area (Å²) in [5.41, 5.74) is 3.56. The first-order chi connectivity index (χ1) is 9.81. The zero-order valence-corrected chi connectivity index (χ0v) is 10.9. The number of nitrogen functional groups attached to an aromatic ring is 1. The molecule has 0 fully saturated rings. The van der Waals surface area contributed by atoms with Crippen LogP contribution in [0.5, 0.6) is 0 Å². The minimum absolute atomic E-state index is 0.217. The van der Waals surface area contributed by atoms with Gasteiger partial charge >= 0.3 is 0 Å². The fourth-order valence-electron chi connectivity index (χ4n) is 1.70. The Bertz CT molecular complexity index is 576. The molecule has 3 N–H and O–H groups in total. The van der Waals surface area contributed by atoms with E-state index in [4.69, 9.17) is 15.0 Å². The maximum Gasteiger partial charge on any atom is 0.268 e. The van der Waals surface area contributed by atoms with E-state index < -0.39 is 5.91 Å². The molecule has 0 spiro atoms. The van der Waals surface area contributed by atoms with Crippen molar-refractivity contribution in [1.82, 2.24) is 5.43 Å². The molecule has 0 saturated heterocycles. The van der Waals surface area contributed by atoms with E-state index in [2.05, 4.69) is 5.43 Å². The Morgan fingerprint density at radius 1 is 1.30 bits per heavy atom. The zero-order chi connectivity index (χ0) is 14.2. The summed E-state index contributed by atoms with van der Waals surface area (Å²) < 4.78 is 10.6. The molecular formula is C15H16N2O3. The van der Waals surface area contributed by atoms with Gasteiger partial charge in [-0.2, -0.15) is 0 Å². The molecule has 1 amide bonds. The van der Waals surface area contributed by atoms with Gasteiger partial charge < -0.3 is 9.15 Å². The molecule has 1 aromatic heterocycles. The Balaban J connectivity index is 1.81. The minimum atomic E-state index is -0.392. The average Bonchev–Trinajstić information content (AvgIpc) is 2.95. The van der Waals surface area contributed by atoms with Crippen LogP contribution in [-0.4, -0.2) is 12.5 Å². The van der Waals surface area contributed by atoms with E-state index >= 15 is 0 Å². The number of nitrogens with two attached hydrogens (primary N) is 1. The molecule has 1 aromatic carbocycles. The van der Waals surface area contributed by atoms with Crippen molar-refractivity contribution >= 4 is 12.0 Å². The van der Waals surface area contributed by atoms with Crippen molar-refractivity contribution in [3.05, 3.63) is 65.6 Å². The highest BCUT2D eigenvalue weighted by Gasteiger charge is 2.12. The number of hydrogen-bond donors (Lipinski definition) is 2. The third-order valence-electron chi connectivity index (χ3n) is 2.68. The summed E-state index contributed by atoms with van der Waals surface area (Å²) in [6.45, 7) is 0.647. The molecule has 0 atom stereocenters. The second-order valence-electron chi connectivity index (χ2n) is 4.06. The molecule has 0 aliphatic carbocycles. The fourth-order valence-corrected chi connectivity index (χ4v) is 1.70. The van der Waals surface area contributed by atoms with E-state index in [1.165, 1.54) is 6.26 Å². The van der Waals surface area contributed by atoms with Crippen LogP contribution in [0.3, 0.4) is 0 Å². The van der Waals surface area contributed by atoms with E-state index in [9.17, 15) is 4.79 Å². The highest BCUT2D eigenvalue weighted by atomic mass is 16.5. The molecular weight excluding hydrogens is 256 g/mol. The van der Waals surface area contributed by atoms with Gasteiger partial charge in [0.25, 0.3) is 5.91 Å². The molecule has 0 bridgehead atoms. The highest BCUT2D eigenvalue weighted by Crippen LogP contribution is 2.11. The van der Waals surface area contributed by atoms with Crippen molar-refractivity contribution in [3.63, 3.8) is 0 Å². The number of furan rings is 1. The maximum absolute atomic E-state index is 11.4. The summed E-state index contributed by atoms with van der Waals surface area (Å²) >= 11 is 0. The molecule has 0 radical (unpaired) electrons. The Hall–Kier alpha value is -2.37. The lowest BCUT2D eigenvalue weighted by Gasteiger charge is -2.01. The minimum Gasteiger partial charge on any atom is -0.466 e. The number of hydrogen-bond acceptors (Lipinski definition) is 4. The number of nitrogens with one attached hydrogen (secondary N) is 1. The van der Waals surface area contributed by atoms with Gasteiger partial charge in [-0.25, -0.2) is 5.84 Å². The van der Waals surface area contributed by atoms with Crippen LogP contribution in [-0.2, 0) is 11.3 Å². The summed E-state index contributed by atoms with van der Waals surface area (Å²) in [7, 11) is 0. The van der Waals surface area contributed by atoms with Gasteiger partial charge in [0.2, 0.25) is 0 Å². The molecule has 20 heavy (non-hydrogen) atoms. The molecule has 2 aromatic rings. The first-order valence-electron chi connectivity index (χ1n) is 6.18. The Morgan fingerprint density at radius 2 is 2.10 bits per heavy atom. The summed E-state index contributed by atoms with van der Waals surface area (Å²) in [5.74, 6) is 5.15. The summed E-state index contributed by atoms with van der Waals surface area (Å²) in [6, 6.07) is 11.5. The second-order valence-corrected chi connectivity index (χ2v) is 4.06. The van der Waals surface area contributed by atoms with Crippen LogP contribution < -0.4 is 11.3 Å². The van der Waals surface area contributed by atoms with Crippen LogP contribution in [0.15, 0.2) is 53.2 Å². The van der Waals surface area contributed by atoms with Crippen LogP contribution >= 0.6 is 0 Å². The largest absolute Gasteiger partial charge is 0.466 e. The third-order valence-corrected chi connectivity index (χ3v) is 2.68. The number of hydrazine groups is 1. The summed E-state index contributed by atoms with van der Waals surface area (Å²) in [6.07, 6.45) is 5.31. The van der Waals surface area contributed by atoms with Crippen LogP contribution in [0.25, 0.3) is 6.08 Å². The summed E-state index contributed by atoms with van der Waals surface area (Å²) in [4.78, 5) is 11.4. The highest BCUT2D eigenvalue weighted by molar-refractivity contribution is 5.94. The van der Waals surface area contributed by atoms with E-state index in [0.29, 0.717) is 17.9 Å². The lowest BCUT2D eigenvalue weighted by molar-refractivity contribution is 0.0938. The van der Waals surface area contributed by atoms with Crippen molar-refractivity contribution in [2.75, 3.05) is 6.61 Å². The number of benzene rings is 1. The van der Waals surface area contributed by atoms with Gasteiger partial charge in [0.1, 0.15) is 12.4 Å². The predicted molar refractivity (Wildman–Crippen MR) is 75.5 cm³/mol. The molecule has 2 rings (SSSR count). The van der Waals surface area contributed by atoms with Gasteiger partial charge in [-0.3, -0.25) is 10.2 Å². The van der Waals surface area contributed by atoms with Crippen LogP contribution in [0.4, 0.5) is 0 Å². The normalized spacial score (nSPS) is 10.8. The Morgan fingerprint density at radius 3 is 2.85 bits per heavy atom.